The molecule has 0 fully saturated rings. The first-order valence-electron chi connectivity index (χ1n) is 6.86. The number of hydrogen-bond donors (Lipinski definition) is 2. The van der Waals surface area contributed by atoms with Crippen LogP contribution in [-0.2, 0) is 14.3 Å². The van der Waals surface area contributed by atoms with Gasteiger partial charge in [0.1, 0.15) is 12.4 Å². The van der Waals surface area contributed by atoms with Gasteiger partial charge in [0, 0.05) is 12.2 Å². The van der Waals surface area contributed by atoms with Crippen molar-refractivity contribution in [2.45, 2.75) is 6.92 Å². The second-order valence-electron chi connectivity index (χ2n) is 4.12. The first kappa shape index (κ1) is 18.4. The Morgan fingerprint density at radius 3 is 2.74 bits per heavy atom. The van der Waals surface area contributed by atoms with Crippen molar-refractivity contribution in [3.8, 4) is 5.75 Å². The lowest BCUT2D eigenvalue weighted by Gasteiger charge is -2.12. The number of ether oxygens (including phenoxy) is 2. The molecule has 0 unspecified atom stereocenters. The summed E-state index contributed by atoms with van der Waals surface area (Å²) in [7, 11) is 0. The van der Waals surface area contributed by atoms with E-state index in [9.17, 15) is 9.59 Å². The number of amides is 1. The summed E-state index contributed by atoms with van der Waals surface area (Å²) in [6.45, 7) is 5.85. The molecular weight excluding hydrogens is 316 g/mol. The predicted molar refractivity (Wildman–Crippen MR) is 92.3 cm³/mol. The van der Waals surface area contributed by atoms with E-state index >= 15 is 0 Å². The second kappa shape index (κ2) is 10.1. The number of para-hydroxylation sites is 2. The van der Waals surface area contributed by atoms with Crippen LogP contribution in [0.2, 0.25) is 0 Å². The minimum atomic E-state index is -0.593. The van der Waals surface area contributed by atoms with E-state index in [1.54, 1.807) is 31.2 Å². The van der Waals surface area contributed by atoms with Crippen LogP contribution in [0.15, 0.2) is 49.1 Å². The lowest BCUT2D eigenvalue weighted by molar-refractivity contribution is -0.137. The van der Waals surface area contributed by atoms with E-state index in [4.69, 9.17) is 17.0 Å². The lowest BCUT2D eigenvalue weighted by Crippen LogP contribution is -2.33. The van der Waals surface area contributed by atoms with Crippen LogP contribution in [0.1, 0.15) is 6.92 Å². The summed E-state index contributed by atoms with van der Waals surface area (Å²) in [5.74, 6) is -0.559. The highest BCUT2D eigenvalue weighted by molar-refractivity contribution is 7.80. The zero-order valence-electron chi connectivity index (χ0n) is 12.7. The summed E-state index contributed by atoms with van der Waals surface area (Å²) < 4.78 is 10.1. The van der Waals surface area contributed by atoms with E-state index in [-0.39, 0.29) is 11.7 Å². The average Bonchev–Trinajstić information content (AvgIpc) is 2.52. The molecule has 0 saturated carbocycles. The van der Waals surface area contributed by atoms with Gasteiger partial charge in [-0.2, -0.15) is 0 Å². The van der Waals surface area contributed by atoms with E-state index in [0.717, 1.165) is 12.2 Å². The predicted octanol–water partition coefficient (Wildman–Crippen LogP) is 2.18. The quantitative estimate of drug-likeness (QED) is 0.344. The van der Waals surface area contributed by atoms with Crippen LogP contribution >= 0.6 is 12.2 Å². The van der Waals surface area contributed by atoms with Gasteiger partial charge in [-0.15, -0.1) is 0 Å². The SMILES string of the molecule is C=CCOc1ccccc1NC(=S)NC(=O)/C=C/C(=O)OCC. The fourth-order valence-electron chi connectivity index (χ4n) is 1.49. The molecule has 0 saturated heterocycles. The molecule has 0 aliphatic carbocycles. The van der Waals surface area contributed by atoms with Crippen LogP contribution in [0.3, 0.4) is 0 Å². The highest BCUT2D eigenvalue weighted by atomic mass is 32.1. The van der Waals surface area contributed by atoms with E-state index in [1.807, 2.05) is 6.07 Å². The molecule has 6 nitrogen and oxygen atoms in total. The van der Waals surface area contributed by atoms with Crippen LogP contribution in [0.5, 0.6) is 5.75 Å². The standard InChI is InChI=1S/C16H18N2O4S/c1-3-11-22-13-8-6-5-7-12(13)17-16(23)18-14(19)9-10-15(20)21-4-2/h3,5-10H,1,4,11H2,2H3,(H2,17,18,19,23)/b10-9+. The van der Waals surface area contributed by atoms with Gasteiger partial charge in [0.2, 0.25) is 5.91 Å². The number of carbonyl (C=O) groups is 2. The van der Waals surface area contributed by atoms with Gasteiger partial charge in [0.15, 0.2) is 5.11 Å². The van der Waals surface area contributed by atoms with Gasteiger partial charge in [-0.05, 0) is 31.3 Å². The first-order chi connectivity index (χ1) is 11.1. The molecule has 0 radical (unpaired) electrons. The molecule has 0 spiro atoms. The van der Waals surface area contributed by atoms with Crippen molar-refractivity contribution in [2.75, 3.05) is 18.5 Å². The molecule has 23 heavy (non-hydrogen) atoms. The molecule has 1 amide bonds. The van der Waals surface area contributed by atoms with Crippen LogP contribution in [0, 0.1) is 0 Å². The third-order valence-electron chi connectivity index (χ3n) is 2.39. The maximum Gasteiger partial charge on any atom is 0.330 e. The van der Waals surface area contributed by atoms with Gasteiger partial charge < -0.3 is 14.8 Å². The Labute approximate surface area is 140 Å². The summed E-state index contributed by atoms with van der Waals surface area (Å²) in [5, 5.41) is 5.36. The number of anilines is 1. The van der Waals surface area contributed by atoms with Crippen molar-refractivity contribution < 1.29 is 19.1 Å². The Morgan fingerprint density at radius 1 is 1.30 bits per heavy atom. The topological polar surface area (TPSA) is 76.7 Å². The van der Waals surface area contributed by atoms with Gasteiger partial charge in [-0.25, -0.2) is 4.79 Å². The Morgan fingerprint density at radius 2 is 2.04 bits per heavy atom. The minimum Gasteiger partial charge on any atom is -0.487 e. The molecular formula is C16H18N2O4S. The molecule has 0 atom stereocenters. The largest absolute Gasteiger partial charge is 0.487 e. The van der Waals surface area contributed by atoms with E-state index in [0.29, 0.717) is 18.0 Å². The Bertz CT molecular complexity index is 614. The van der Waals surface area contributed by atoms with Crippen molar-refractivity contribution >= 4 is 34.9 Å². The first-order valence-corrected chi connectivity index (χ1v) is 7.27. The van der Waals surface area contributed by atoms with Gasteiger partial charge in [-0.3, -0.25) is 10.1 Å². The summed E-state index contributed by atoms with van der Waals surface area (Å²) in [4.78, 5) is 22.7. The third kappa shape index (κ3) is 7.23. The molecule has 7 heteroatoms. The normalized spacial score (nSPS) is 9.96. The molecule has 0 aliphatic rings. The third-order valence-corrected chi connectivity index (χ3v) is 2.59. The van der Waals surface area contributed by atoms with Crippen molar-refractivity contribution in [2.24, 2.45) is 0 Å². The van der Waals surface area contributed by atoms with Crippen LogP contribution in [0.4, 0.5) is 5.69 Å². The van der Waals surface area contributed by atoms with E-state index in [2.05, 4.69) is 21.9 Å². The molecule has 122 valence electrons. The van der Waals surface area contributed by atoms with Gasteiger partial charge in [0.05, 0.1) is 12.3 Å². The fourth-order valence-corrected chi connectivity index (χ4v) is 1.70. The Kier molecular flexibility index (Phi) is 8.09. The maximum absolute atomic E-state index is 11.6. The summed E-state index contributed by atoms with van der Waals surface area (Å²) in [6, 6.07) is 7.13. The number of carbonyl (C=O) groups excluding carboxylic acids is 2. The monoisotopic (exact) mass is 334 g/mol. The van der Waals surface area contributed by atoms with Crippen molar-refractivity contribution in [1.82, 2.24) is 5.32 Å². The zero-order valence-corrected chi connectivity index (χ0v) is 13.5. The molecule has 0 aliphatic heterocycles. The molecule has 1 rings (SSSR count). The van der Waals surface area contributed by atoms with Crippen LogP contribution < -0.4 is 15.4 Å². The maximum atomic E-state index is 11.6. The number of thiocarbonyl (C=S) groups is 1. The van der Waals surface area contributed by atoms with Gasteiger partial charge in [-0.1, -0.05) is 24.8 Å². The Balaban J connectivity index is 2.58. The van der Waals surface area contributed by atoms with Crippen LogP contribution in [0.25, 0.3) is 0 Å². The highest BCUT2D eigenvalue weighted by Gasteiger charge is 2.06. The Hall–Kier alpha value is -2.67. The van der Waals surface area contributed by atoms with Crippen LogP contribution in [-0.4, -0.2) is 30.2 Å². The molecule has 1 aromatic carbocycles. The number of rotatable bonds is 7. The van der Waals surface area contributed by atoms with Crippen molar-refractivity contribution in [3.05, 3.63) is 49.1 Å². The fraction of sp³-hybridized carbons (Fsp3) is 0.188. The van der Waals surface area contributed by atoms with E-state index < -0.39 is 11.9 Å². The minimum absolute atomic E-state index is 0.0816. The zero-order chi connectivity index (χ0) is 17.1. The number of nitrogens with one attached hydrogen (secondary N) is 2. The average molecular weight is 334 g/mol. The number of benzene rings is 1. The van der Waals surface area contributed by atoms with Crippen molar-refractivity contribution in [1.29, 1.82) is 0 Å². The lowest BCUT2D eigenvalue weighted by atomic mass is 10.3. The molecule has 0 bridgehead atoms. The highest BCUT2D eigenvalue weighted by Crippen LogP contribution is 2.23. The van der Waals surface area contributed by atoms with Crippen molar-refractivity contribution in [3.63, 3.8) is 0 Å². The van der Waals surface area contributed by atoms with E-state index in [1.165, 1.54) is 0 Å². The summed E-state index contributed by atoms with van der Waals surface area (Å²) in [6.07, 6.45) is 3.70. The smallest absolute Gasteiger partial charge is 0.330 e. The molecule has 0 heterocycles. The number of esters is 1. The summed E-state index contributed by atoms with van der Waals surface area (Å²) >= 11 is 5.05. The molecule has 0 aromatic heterocycles. The molecule has 2 N–H and O–H groups in total. The second-order valence-corrected chi connectivity index (χ2v) is 4.53. The molecule has 1 aromatic rings. The number of hydrogen-bond acceptors (Lipinski definition) is 5. The van der Waals surface area contributed by atoms with Gasteiger partial charge in [0.25, 0.3) is 0 Å². The summed E-state index contributed by atoms with van der Waals surface area (Å²) in [5.41, 5.74) is 0.606. The van der Waals surface area contributed by atoms with Gasteiger partial charge >= 0.3 is 5.97 Å².